The van der Waals surface area contributed by atoms with E-state index < -0.39 is 0 Å². The van der Waals surface area contributed by atoms with Crippen molar-refractivity contribution in [3.63, 3.8) is 0 Å². The Kier molecular flexibility index (Phi) is 3.62. The molecule has 0 radical (unpaired) electrons. The molecule has 1 aliphatic rings. The zero-order valence-corrected chi connectivity index (χ0v) is 12.0. The Hall–Kier alpha value is -1.98. The maximum atomic E-state index is 6.10. The molecule has 1 aliphatic heterocycles. The first-order chi connectivity index (χ1) is 9.74. The molecule has 6 heteroatoms. The molecule has 20 heavy (non-hydrogen) atoms. The van der Waals surface area contributed by atoms with Crippen molar-refractivity contribution in [2.75, 3.05) is 12.3 Å². The molecule has 2 aromatic rings. The maximum absolute atomic E-state index is 6.10. The Morgan fingerprint density at radius 1 is 1.45 bits per heavy atom. The summed E-state index contributed by atoms with van der Waals surface area (Å²) in [4.78, 5) is 0. The van der Waals surface area contributed by atoms with Gasteiger partial charge in [0.1, 0.15) is 18.1 Å². The van der Waals surface area contributed by atoms with E-state index in [0.717, 1.165) is 37.3 Å². The van der Waals surface area contributed by atoms with Gasteiger partial charge in [-0.1, -0.05) is 0 Å². The van der Waals surface area contributed by atoms with E-state index >= 15 is 0 Å². The molecule has 0 amide bonds. The minimum Gasteiger partial charge on any atom is -0.475 e. The van der Waals surface area contributed by atoms with Crippen LogP contribution in [0.25, 0.3) is 0 Å². The quantitative estimate of drug-likeness (QED) is 0.652. The zero-order chi connectivity index (χ0) is 13.9. The first-order valence-electron chi connectivity index (χ1n) is 7.23. The lowest BCUT2D eigenvalue weighted by Gasteiger charge is -2.12. The summed E-state index contributed by atoms with van der Waals surface area (Å²) in [5, 5.41) is 4.46. The zero-order valence-electron chi connectivity index (χ0n) is 12.0. The second-order valence-electron chi connectivity index (χ2n) is 5.36. The van der Waals surface area contributed by atoms with Gasteiger partial charge in [0.15, 0.2) is 0 Å². The fraction of sp³-hybridized carbons (Fsp3) is 0.571. The Morgan fingerprint density at radius 3 is 3.10 bits per heavy atom. The Morgan fingerprint density at radius 2 is 2.35 bits per heavy atom. The molecule has 3 heterocycles. The predicted octanol–water partition coefficient (Wildman–Crippen LogP) is 0.897. The summed E-state index contributed by atoms with van der Waals surface area (Å²) in [5.41, 5.74) is 7.98. The van der Waals surface area contributed by atoms with Gasteiger partial charge in [-0.3, -0.25) is 4.68 Å². The molecule has 0 spiro atoms. The summed E-state index contributed by atoms with van der Waals surface area (Å²) in [6.07, 6.45) is 10.5. The lowest BCUT2D eigenvalue weighted by atomic mass is 10.1. The molecular weight excluding hydrogens is 254 g/mol. The van der Waals surface area contributed by atoms with Crippen LogP contribution in [0.4, 0.5) is 5.69 Å². The minimum absolute atomic E-state index is 0.611. The molecule has 0 bridgehead atoms. The van der Waals surface area contributed by atoms with Crippen molar-refractivity contribution in [1.82, 2.24) is 14.3 Å². The molecule has 6 nitrogen and oxygen atoms in total. The van der Waals surface area contributed by atoms with Crippen molar-refractivity contribution in [3.8, 4) is 5.88 Å². The van der Waals surface area contributed by atoms with Gasteiger partial charge in [0, 0.05) is 13.0 Å². The number of imidazole rings is 1. The number of aryl methyl sites for hydroxylation is 3. The van der Waals surface area contributed by atoms with Gasteiger partial charge >= 0.3 is 0 Å². The van der Waals surface area contributed by atoms with Crippen LogP contribution in [0.3, 0.4) is 0 Å². The summed E-state index contributed by atoms with van der Waals surface area (Å²) < 4.78 is 11.9. The van der Waals surface area contributed by atoms with Gasteiger partial charge in [-0.05, 0) is 19.3 Å². The Balaban J connectivity index is 1.52. The van der Waals surface area contributed by atoms with E-state index in [2.05, 4.69) is 22.2 Å². The van der Waals surface area contributed by atoms with Crippen LogP contribution in [0.5, 0.6) is 5.88 Å². The summed E-state index contributed by atoms with van der Waals surface area (Å²) in [6, 6.07) is 0. The van der Waals surface area contributed by atoms with Crippen molar-refractivity contribution in [3.05, 3.63) is 24.4 Å². The van der Waals surface area contributed by atoms with Crippen LogP contribution in [0.1, 0.15) is 25.0 Å². The monoisotopic (exact) mass is 276 g/mol. The van der Waals surface area contributed by atoms with Gasteiger partial charge in [-0.2, -0.15) is 0 Å². The van der Waals surface area contributed by atoms with Crippen LogP contribution in [0, 0.1) is 0 Å². The SMILES string of the molecule is C[n+]1ccn(CCCOc2nn3c(c2N)CCCC3)c1. The molecule has 0 aliphatic carbocycles. The number of hydrogen-bond donors (Lipinski definition) is 1. The summed E-state index contributed by atoms with van der Waals surface area (Å²) in [6.45, 7) is 2.54. The molecule has 2 aromatic heterocycles. The van der Waals surface area contributed by atoms with Crippen molar-refractivity contribution < 1.29 is 9.30 Å². The highest BCUT2D eigenvalue weighted by molar-refractivity contribution is 5.53. The number of rotatable bonds is 5. The topological polar surface area (TPSA) is 61.9 Å². The first-order valence-corrected chi connectivity index (χ1v) is 7.23. The van der Waals surface area contributed by atoms with E-state index in [1.165, 1.54) is 12.8 Å². The van der Waals surface area contributed by atoms with Crippen LogP contribution in [-0.2, 0) is 26.6 Å². The van der Waals surface area contributed by atoms with Crippen LogP contribution < -0.4 is 15.0 Å². The summed E-state index contributed by atoms with van der Waals surface area (Å²) in [7, 11) is 2.02. The van der Waals surface area contributed by atoms with E-state index in [1.54, 1.807) is 0 Å². The van der Waals surface area contributed by atoms with E-state index in [1.807, 2.05) is 22.5 Å². The highest BCUT2D eigenvalue weighted by atomic mass is 16.5. The third-order valence-electron chi connectivity index (χ3n) is 3.72. The Bertz CT molecular complexity index is 586. The lowest BCUT2D eigenvalue weighted by Crippen LogP contribution is -2.23. The van der Waals surface area contributed by atoms with Crippen LogP contribution in [-0.4, -0.2) is 21.0 Å². The molecule has 3 rings (SSSR count). The number of ether oxygens (including phenoxy) is 1. The van der Waals surface area contributed by atoms with Crippen LogP contribution in [0.2, 0.25) is 0 Å². The number of nitrogens with zero attached hydrogens (tertiary/aromatic N) is 4. The maximum Gasteiger partial charge on any atom is 0.256 e. The van der Waals surface area contributed by atoms with Crippen LogP contribution in [0.15, 0.2) is 18.7 Å². The van der Waals surface area contributed by atoms with Crippen molar-refractivity contribution in [2.24, 2.45) is 7.05 Å². The molecule has 2 N–H and O–H groups in total. The van der Waals surface area contributed by atoms with E-state index in [-0.39, 0.29) is 0 Å². The molecule has 0 atom stereocenters. The Labute approximate surface area is 118 Å². The minimum atomic E-state index is 0.611. The van der Waals surface area contributed by atoms with Gasteiger partial charge in [0.2, 0.25) is 6.33 Å². The number of nitrogens with two attached hydrogens (primary N) is 1. The number of aromatic nitrogens is 4. The van der Waals surface area contributed by atoms with Crippen LogP contribution >= 0.6 is 0 Å². The largest absolute Gasteiger partial charge is 0.475 e. The van der Waals surface area contributed by atoms with E-state index in [4.69, 9.17) is 10.5 Å². The number of fused-ring (bicyclic) bond motifs is 1. The smallest absolute Gasteiger partial charge is 0.256 e. The predicted molar refractivity (Wildman–Crippen MR) is 75.3 cm³/mol. The molecule has 0 fully saturated rings. The second-order valence-corrected chi connectivity index (χ2v) is 5.36. The fourth-order valence-electron chi connectivity index (χ4n) is 2.65. The number of hydrogen-bond acceptors (Lipinski definition) is 3. The fourth-order valence-corrected chi connectivity index (χ4v) is 2.65. The lowest BCUT2D eigenvalue weighted by molar-refractivity contribution is -0.671. The average molecular weight is 276 g/mol. The summed E-state index contributed by atoms with van der Waals surface area (Å²) in [5.74, 6) is 0.611. The molecular formula is C14H22N5O+. The number of anilines is 1. The van der Waals surface area contributed by atoms with Gasteiger partial charge < -0.3 is 10.5 Å². The highest BCUT2D eigenvalue weighted by Crippen LogP contribution is 2.28. The third kappa shape index (κ3) is 2.64. The van der Waals surface area contributed by atoms with E-state index in [9.17, 15) is 0 Å². The molecule has 0 aromatic carbocycles. The van der Waals surface area contributed by atoms with Gasteiger partial charge in [0.05, 0.1) is 25.9 Å². The van der Waals surface area contributed by atoms with Crippen molar-refractivity contribution in [2.45, 2.75) is 38.8 Å². The van der Waals surface area contributed by atoms with Gasteiger partial charge in [-0.15, -0.1) is 5.10 Å². The number of nitrogen functional groups attached to an aromatic ring is 1. The standard InChI is InChI=1S/C14H22N5O/c1-17-8-9-18(11-17)6-4-10-20-14-13(15)12-5-2-3-7-19(12)16-14/h8-9,11H,2-7,10,15H2,1H3/q+1. The highest BCUT2D eigenvalue weighted by Gasteiger charge is 2.18. The van der Waals surface area contributed by atoms with Gasteiger partial charge in [0.25, 0.3) is 5.88 Å². The normalized spacial score (nSPS) is 14.2. The molecule has 108 valence electrons. The molecule has 0 saturated heterocycles. The third-order valence-corrected chi connectivity index (χ3v) is 3.72. The average Bonchev–Trinajstić information content (AvgIpc) is 3.00. The van der Waals surface area contributed by atoms with Crippen molar-refractivity contribution in [1.29, 1.82) is 0 Å². The van der Waals surface area contributed by atoms with Crippen molar-refractivity contribution >= 4 is 5.69 Å². The van der Waals surface area contributed by atoms with Gasteiger partial charge in [-0.25, -0.2) is 9.13 Å². The van der Waals surface area contributed by atoms with E-state index in [0.29, 0.717) is 12.5 Å². The first kappa shape index (κ1) is 13.0. The molecule has 0 saturated carbocycles. The molecule has 0 unspecified atom stereocenters. The second kappa shape index (κ2) is 5.56. The summed E-state index contributed by atoms with van der Waals surface area (Å²) >= 11 is 0.